The van der Waals surface area contributed by atoms with Crippen molar-refractivity contribution in [3.05, 3.63) is 35.4 Å². The van der Waals surface area contributed by atoms with Gasteiger partial charge in [0.2, 0.25) is 0 Å². The van der Waals surface area contributed by atoms with Crippen LogP contribution in [0.1, 0.15) is 18.1 Å². The van der Waals surface area contributed by atoms with Gasteiger partial charge in [0, 0.05) is 5.75 Å². The van der Waals surface area contributed by atoms with E-state index in [-0.39, 0.29) is 5.41 Å². The van der Waals surface area contributed by atoms with Gasteiger partial charge in [-0.1, -0.05) is 31.2 Å². The van der Waals surface area contributed by atoms with Gasteiger partial charge in [-0.05, 0) is 17.5 Å². The molecule has 0 spiro atoms. The van der Waals surface area contributed by atoms with Crippen LogP contribution < -0.4 is 0 Å². The molecule has 2 heteroatoms. The molecule has 0 N–H and O–H groups in total. The van der Waals surface area contributed by atoms with Crippen LogP contribution in [0.15, 0.2) is 24.3 Å². The molecule has 0 aromatic heterocycles. The zero-order chi connectivity index (χ0) is 10.0. The van der Waals surface area contributed by atoms with E-state index in [9.17, 15) is 0 Å². The molecule has 0 aliphatic carbocycles. The van der Waals surface area contributed by atoms with Crippen LogP contribution in [0, 0.1) is 0 Å². The molecule has 0 amide bonds. The highest BCUT2D eigenvalue weighted by molar-refractivity contribution is 7.80. The number of benzene rings is 1. The SMILES string of the molecule is CCc1ccc(C2(CS)COC2)cc1. The van der Waals surface area contributed by atoms with E-state index in [4.69, 9.17) is 4.74 Å². The number of thiol groups is 1. The van der Waals surface area contributed by atoms with Gasteiger partial charge in [-0.15, -0.1) is 0 Å². The van der Waals surface area contributed by atoms with Gasteiger partial charge < -0.3 is 4.74 Å². The number of hydrogen-bond acceptors (Lipinski definition) is 2. The zero-order valence-corrected chi connectivity index (χ0v) is 9.39. The summed E-state index contributed by atoms with van der Waals surface area (Å²) in [5, 5.41) is 0. The minimum absolute atomic E-state index is 0.190. The van der Waals surface area contributed by atoms with Crippen molar-refractivity contribution in [3.8, 4) is 0 Å². The molecule has 14 heavy (non-hydrogen) atoms. The number of aryl methyl sites for hydroxylation is 1. The van der Waals surface area contributed by atoms with E-state index in [1.807, 2.05) is 0 Å². The molecule has 0 radical (unpaired) electrons. The number of hydrogen-bond donors (Lipinski definition) is 1. The van der Waals surface area contributed by atoms with Gasteiger partial charge in [0.05, 0.1) is 18.6 Å². The van der Waals surface area contributed by atoms with Crippen molar-refractivity contribution < 1.29 is 4.74 Å². The highest BCUT2D eigenvalue weighted by Crippen LogP contribution is 2.33. The maximum atomic E-state index is 5.29. The fourth-order valence-electron chi connectivity index (χ4n) is 1.79. The minimum Gasteiger partial charge on any atom is -0.379 e. The van der Waals surface area contributed by atoms with Crippen LogP contribution in [0.4, 0.5) is 0 Å². The van der Waals surface area contributed by atoms with Gasteiger partial charge in [0.1, 0.15) is 0 Å². The van der Waals surface area contributed by atoms with Crippen LogP contribution in [0.25, 0.3) is 0 Å². The zero-order valence-electron chi connectivity index (χ0n) is 8.49. The average Bonchev–Trinajstić information content (AvgIpc) is 2.18. The largest absolute Gasteiger partial charge is 0.379 e. The highest BCUT2D eigenvalue weighted by Gasteiger charge is 2.38. The molecule has 1 fully saturated rings. The predicted octanol–water partition coefficient (Wildman–Crippen LogP) is 2.45. The summed E-state index contributed by atoms with van der Waals surface area (Å²) in [6.45, 7) is 3.82. The second-order valence-electron chi connectivity index (χ2n) is 3.98. The van der Waals surface area contributed by atoms with Crippen LogP contribution >= 0.6 is 12.6 Å². The Balaban J connectivity index is 2.23. The van der Waals surface area contributed by atoms with Crippen LogP contribution in [0.3, 0.4) is 0 Å². The fraction of sp³-hybridized carbons (Fsp3) is 0.500. The summed E-state index contributed by atoms with van der Waals surface area (Å²) < 4.78 is 5.29. The molecule has 1 aliphatic rings. The van der Waals surface area contributed by atoms with Crippen molar-refractivity contribution in [1.82, 2.24) is 0 Å². The van der Waals surface area contributed by atoms with Crippen LogP contribution in [-0.2, 0) is 16.6 Å². The molecule has 0 unspecified atom stereocenters. The Labute approximate surface area is 90.9 Å². The third kappa shape index (κ3) is 1.57. The van der Waals surface area contributed by atoms with Crippen molar-refractivity contribution in [2.75, 3.05) is 19.0 Å². The maximum Gasteiger partial charge on any atom is 0.0593 e. The van der Waals surface area contributed by atoms with E-state index < -0.39 is 0 Å². The van der Waals surface area contributed by atoms with Crippen molar-refractivity contribution in [3.63, 3.8) is 0 Å². The average molecular weight is 208 g/mol. The Bertz CT molecular complexity index is 295. The molecular weight excluding hydrogens is 192 g/mol. The molecule has 0 atom stereocenters. The molecule has 1 aromatic rings. The standard InChI is InChI=1S/C12H16OS/c1-2-10-3-5-11(6-4-10)12(9-14)7-13-8-12/h3-6,14H,2,7-9H2,1H3. The molecule has 0 bridgehead atoms. The monoisotopic (exact) mass is 208 g/mol. The van der Waals surface area contributed by atoms with Gasteiger partial charge in [0.15, 0.2) is 0 Å². The molecule has 1 heterocycles. The lowest BCUT2D eigenvalue weighted by Crippen LogP contribution is -2.48. The van der Waals surface area contributed by atoms with Crippen molar-refractivity contribution >= 4 is 12.6 Å². The van der Waals surface area contributed by atoms with Crippen LogP contribution in [0.2, 0.25) is 0 Å². The molecule has 1 saturated heterocycles. The van der Waals surface area contributed by atoms with E-state index >= 15 is 0 Å². The molecule has 1 aliphatic heterocycles. The molecule has 76 valence electrons. The summed E-state index contributed by atoms with van der Waals surface area (Å²) in [6, 6.07) is 8.85. The normalized spacial score (nSPS) is 19.0. The lowest BCUT2D eigenvalue weighted by molar-refractivity contribution is -0.0470. The fourth-order valence-corrected chi connectivity index (χ4v) is 2.16. The summed E-state index contributed by atoms with van der Waals surface area (Å²) >= 11 is 4.41. The molecule has 1 nitrogen and oxygen atoms in total. The van der Waals surface area contributed by atoms with E-state index in [1.165, 1.54) is 11.1 Å². The van der Waals surface area contributed by atoms with Crippen LogP contribution in [-0.4, -0.2) is 19.0 Å². The third-order valence-corrected chi connectivity index (χ3v) is 3.64. The molecule has 0 saturated carbocycles. The van der Waals surface area contributed by atoms with Crippen molar-refractivity contribution in [1.29, 1.82) is 0 Å². The first-order valence-corrected chi connectivity index (χ1v) is 5.72. The molecule has 1 aromatic carbocycles. The lowest BCUT2D eigenvalue weighted by atomic mass is 9.80. The maximum absolute atomic E-state index is 5.29. The first-order valence-electron chi connectivity index (χ1n) is 5.09. The van der Waals surface area contributed by atoms with E-state index in [1.54, 1.807) is 0 Å². The van der Waals surface area contributed by atoms with Gasteiger partial charge in [-0.2, -0.15) is 12.6 Å². The number of ether oxygens (including phenoxy) is 1. The number of rotatable bonds is 3. The Kier molecular flexibility index (Phi) is 2.84. The van der Waals surface area contributed by atoms with Crippen molar-refractivity contribution in [2.45, 2.75) is 18.8 Å². The lowest BCUT2D eigenvalue weighted by Gasteiger charge is -2.40. The Hall–Kier alpha value is -0.470. The minimum atomic E-state index is 0.190. The summed E-state index contributed by atoms with van der Waals surface area (Å²) in [7, 11) is 0. The topological polar surface area (TPSA) is 9.23 Å². The Morgan fingerprint density at radius 2 is 1.93 bits per heavy atom. The quantitative estimate of drug-likeness (QED) is 0.751. The van der Waals surface area contributed by atoms with Crippen molar-refractivity contribution in [2.24, 2.45) is 0 Å². The smallest absolute Gasteiger partial charge is 0.0593 e. The second kappa shape index (κ2) is 3.95. The van der Waals surface area contributed by atoms with Gasteiger partial charge >= 0.3 is 0 Å². The summed E-state index contributed by atoms with van der Waals surface area (Å²) in [5.41, 5.74) is 2.95. The predicted molar refractivity (Wildman–Crippen MR) is 62.2 cm³/mol. The Morgan fingerprint density at radius 3 is 2.29 bits per heavy atom. The summed E-state index contributed by atoms with van der Waals surface area (Å²) in [6.07, 6.45) is 1.10. The summed E-state index contributed by atoms with van der Waals surface area (Å²) in [5.74, 6) is 0.873. The molecular formula is C12H16OS. The van der Waals surface area contributed by atoms with E-state index in [0.717, 1.165) is 25.4 Å². The first kappa shape index (κ1) is 10.1. The highest BCUT2D eigenvalue weighted by atomic mass is 32.1. The van der Waals surface area contributed by atoms with E-state index in [2.05, 4.69) is 43.8 Å². The summed E-state index contributed by atoms with van der Waals surface area (Å²) in [4.78, 5) is 0. The second-order valence-corrected chi connectivity index (χ2v) is 4.30. The van der Waals surface area contributed by atoms with E-state index in [0.29, 0.717) is 0 Å². The first-order chi connectivity index (χ1) is 6.80. The van der Waals surface area contributed by atoms with Crippen LogP contribution in [0.5, 0.6) is 0 Å². The van der Waals surface area contributed by atoms with Gasteiger partial charge in [0.25, 0.3) is 0 Å². The van der Waals surface area contributed by atoms with Gasteiger partial charge in [-0.25, -0.2) is 0 Å². The third-order valence-electron chi connectivity index (χ3n) is 3.03. The van der Waals surface area contributed by atoms with Gasteiger partial charge in [-0.3, -0.25) is 0 Å². The Morgan fingerprint density at radius 1 is 1.29 bits per heavy atom. The molecule has 2 rings (SSSR count).